The highest BCUT2D eigenvalue weighted by atomic mass is 16.5. The molecule has 158 valence electrons. The highest BCUT2D eigenvalue weighted by Crippen LogP contribution is 2.25. The molecule has 0 atom stereocenters. The summed E-state index contributed by atoms with van der Waals surface area (Å²) < 4.78 is 7.52. The summed E-state index contributed by atoms with van der Waals surface area (Å²) in [5.41, 5.74) is 7.66. The zero-order valence-corrected chi connectivity index (χ0v) is 18.4. The normalized spacial score (nSPS) is 11.0. The van der Waals surface area contributed by atoms with Crippen LogP contribution in [0.5, 0.6) is 5.75 Å². The number of nitrogens with zero attached hydrogens (tertiary/aromatic N) is 1. The zero-order valence-electron chi connectivity index (χ0n) is 18.4. The number of benzene rings is 2. The summed E-state index contributed by atoms with van der Waals surface area (Å²) in [6.07, 6.45) is 0. The molecule has 0 aliphatic heterocycles. The number of aromatic carboxylic acids is 1. The lowest BCUT2D eigenvalue weighted by Crippen LogP contribution is -2.16. The fourth-order valence-electron chi connectivity index (χ4n) is 4.00. The minimum absolute atomic E-state index is 0.394. The number of hydrogen-bond donors (Lipinski definition) is 2. The van der Waals surface area contributed by atoms with E-state index < -0.39 is 5.97 Å². The van der Waals surface area contributed by atoms with Gasteiger partial charge in [0.05, 0.1) is 12.7 Å². The maximum atomic E-state index is 12.1. The highest BCUT2D eigenvalue weighted by Gasteiger charge is 2.22. The number of carboxylic acids is 1. The van der Waals surface area contributed by atoms with E-state index in [0.717, 1.165) is 28.3 Å². The van der Waals surface area contributed by atoms with Crippen molar-refractivity contribution in [2.75, 3.05) is 7.11 Å². The van der Waals surface area contributed by atoms with Crippen LogP contribution in [0.15, 0.2) is 42.5 Å². The molecular formula is C25H30N2O3. The lowest BCUT2D eigenvalue weighted by atomic mass is 10.1. The van der Waals surface area contributed by atoms with Crippen molar-refractivity contribution in [1.29, 1.82) is 0 Å². The van der Waals surface area contributed by atoms with Crippen LogP contribution < -0.4 is 10.1 Å². The Morgan fingerprint density at radius 3 is 2.43 bits per heavy atom. The van der Waals surface area contributed by atoms with Gasteiger partial charge < -0.3 is 19.7 Å². The lowest BCUT2D eigenvalue weighted by molar-refractivity contribution is 0.0694. The van der Waals surface area contributed by atoms with E-state index >= 15 is 0 Å². The van der Waals surface area contributed by atoms with Crippen LogP contribution in [0.1, 0.15) is 49.6 Å². The molecule has 1 aromatic heterocycles. The Morgan fingerprint density at radius 1 is 1.00 bits per heavy atom. The van der Waals surface area contributed by atoms with Gasteiger partial charge in [0, 0.05) is 42.1 Å². The fourth-order valence-corrected chi connectivity index (χ4v) is 4.00. The Morgan fingerprint density at radius 2 is 1.73 bits per heavy atom. The van der Waals surface area contributed by atoms with Gasteiger partial charge in [0.2, 0.25) is 0 Å². The number of carbonyl (C=O) groups is 1. The Hall–Kier alpha value is -3.05. The average molecular weight is 407 g/mol. The molecule has 30 heavy (non-hydrogen) atoms. The number of aromatic nitrogens is 1. The van der Waals surface area contributed by atoms with Gasteiger partial charge >= 0.3 is 5.97 Å². The third-order valence-corrected chi connectivity index (χ3v) is 5.77. The van der Waals surface area contributed by atoms with E-state index in [1.807, 2.05) is 38.1 Å². The standard InChI is InChI=1S/C25H30N2O3/c1-16-10-11-17(2)21(12-16)15-27-18(3)22(24(19(27)4)25(28)29)14-26-13-20-8-6-7-9-23(20)30-5/h6-12,26H,13-15H2,1-5H3,(H,28,29). The Bertz CT molecular complexity index is 1070. The zero-order chi connectivity index (χ0) is 21.8. The van der Waals surface area contributed by atoms with Crippen LogP contribution in [0.25, 0.3) is 0 Å². The molecule has 1 heterocycles. The van der Waals surface area contributed by atoms with Crippen LogP contribution in [0.3, 0.4) is 0 Å². The Labute approximate surface area is 178 Å². The molecule has 0 bridgehead atoms. The van der Waals surface area contributed by atoms with Crippen molar-refractivity contribution in [2.45, 2.75) is 47.3 Å². The monoisotopic (exact) mass is 406 g/mol. The summed E-state index contributed by atoms with van der Waals surface area (Å²) in [6, 6.07) is 14.2. The van der Waals surface area contributed by atoms with Gasteiger partial charge in [0.15, 0.2) is 0 Å². The molecular weight excluding hydrogens is 376 g/mol. The summed E-state index contributed by atoms with van der Waals surface area (Å²) in [7, 11) is 1.66. The summed E-state index contributed by atoms with van der Waals surface area (Å²) >= 11 is 0. The number of methoxy groups -OCH3 is 1. The molecule has 0 saturated carbocycles. The van der Waals surface area contributed by atoms with Gasteiger partial charge in [-0.3, -0.25) is 0 Å². The molecule has 3 rings (SSSR count). The maximum absolute atomic E-state index is 12.1. The van der Waals surface area contributed by atoms with Crippen molar-refractivity contribution in [1.82, 2.24) is 9.88 Å². The number of carboxylic acid groups (broad SMARTS) is 1. The predicted molar refractivity (Wildman–Crippen MR) is 119 cm³/mol. The SMILES string of the molecule is COc1ccccc1CNCc1c(C(=O)O)c(C)n(Cc2cc(C)ccc2C)c1C. The molecule has 0 saturated heterocycles. The molecule has 0 spiro atoms. The van der Waals surface area contributed by atoms with E-state index in [0.29, 0.717) is 25.2 Å². The number of rotatable bonds is 8. The van der Waals surface area contributed by atoms with Crippen LogP contribution in [0, 0.1) is 27.7 Å². The van der Waals surface area contributed by atoms with Crippen LogP contribution in [0.2, 0.25) is 0 Å². The first-order chi connectivity index (χ1) is 14.3. The molecule has 3 aromatic rings. The minimum Gasteiger partial charge on any atom is -0.496 e. The van der Waals surface area contributed by atoms with Gasteiger partial charge in [-0.15, -0.1) is 0 Å². The van der Waals surface area contributed by atoms with Crippen LogP contribution in [-0.2, 0) is 19.6 Å². The molecule has 0 radical (unpaired) electrons. The van der Waals surface area contributed by atoms with E-state index in [9.17, 15) is 9.90 Å². The first-order valence-electron chi connectivity index (χ1n) is 10.1. The van der Waals surface area contributed by atoms with Crippen molar-refractivity contribution in [3.63, 3.8) is 0 Å². The van der Waals surface area contributed by atoms with Crippen LogP contribution in [0.4, 0.5) is 0 Å². The van der Waals surface area contributed by atoms with Crippen molar-refractivity contribution in [2.24, 2.45) is 0 Å². The van der Waals surface area contributed by atoms with Crippen molar-refractivity contribution in [3.05, 3.63) is 87.2 Å². The molecule has 0 unspecified atom stereocenters. The van der Waals surface area contributed by atoms with Gasteiger partial charge in [-0.25, -0.2) is 4.79 Å². The first kappa shape index (κ1) is 21.7. The lowest BCUT2D eigenvalue weighted by Gasteiger charge is -2.13. The Balaban J connectivity index is 1.88. The molecule has 2 N–H and O–H groups in total. The molecule has 0 amide bonds. The summed E-state index contributed by atoms with van der Waals surface area (Å²) in [5.74, 6) is -0.0618. The number of ether oxygens (including phenoxy) is 1. The smallest absolute Gasteiger partial charge is 0.337 e. The van der Waals surface area contributed by atoms with Crippen molar-refractivity contribution >= 4 is 5.97 Å². The fraction of sp³-hybridized carbons (Fsp3) is 0.320. The van der Waals surface area contributed by atoms with E-state index in [1.165, 1.54) is 16.7 Å². The number of aryl methyl sites for hydroxylation is 2. The third kappa shape index (κ3) is 4.41. The van der Waals surface area contributed by atoms with Gasteiger partial charge in [0.1, 0.15) is 5.75 Å². The molecule has 5 nitrogen and oxygen atoms in total. The van der Waals surface area contributed by atoms with E-state index in [4.69, 9.17) is 4.74 Å². The maximum Gasteiger partial charge on any atom is 0.337 e. The predicted octanol–water partition coefficient (Wildman–Crippen LogP) is 4.77. The van der Waals surface area contributed by atoms with Crippen LogP contribution >= 0.6 is 0 Å². The number of para-hydroxylation sites is 1. The third-order valence-electron chi connectivity index (χ3n) is 5.77. The quantitative estimate of drug-likeness (QED) is 0.566. The molecule has 0 aliphatic rings. The first-order valence-corrected chi connectivity index (χ1v) is 10.1. The summed E-state index contributed by atoms with van der Waals surface area (Å²) in [6.45, 7) is 9.81. The number of hydrogen-bond acceptors (Lipinski definition) is 3. The molecule has 2 aromatic carbocycles. The van der Waals surface area contributed by atoms with Gasteiger partial charge in [0.25, 0.3) is 0 Å². The molecule has 0 aliphatic carbocycles. The molecule has 0 fully saturated rings. The average Bonchev–Trinajstić information content (AvgIpc) is 2.95. The highest BCUT2D eigenvalue weighted by molar-refractivity contribution is 5.91. The second kappa shape index (κ2) is 9.18. The minimum atomic E-state index is -0.885. The van der Waals surface area contributed by atoms with E-state index in [2.05, 4.69) is 41.9 Å². The summed E-state index contributed by atoms with van der Waals surface area (Å²) in [4.78, 5) is 12.1. The van der Waals surface area contributed by atoms with E-state index in [-0.39, 0.29) is 0 Å². The summed E-state index contributed by atoms with van der Waals surface area (Å²) in [5, 5.41) is 13.3. The second-order valence-corrected chi connectivity index (χ2v) is 7.76. The Kier molecular flexibility index (Phi) is 6.63. The van der Waals surface area contributed by atoms with Crippen molar-refractivity contribution in [3.8, 4) is 5.75 Å². The largest absolute Gasteiger partial charge is 0.496 e. The number of nitrogens with one attached hydrogen (secondary N) is 1. The van der Waals surface area contributed by atoms with E-state index in [1.54, 1.807) is 7.11 Å². The van der Waals surface area contributed by atoms with Gasteiger partial charge in [-0.05, 0) is 44.9 Å². The topological polar surface area (TPSA) is 63.5 Å². The van der Waals surface area contributed by atoms with Gasteiger partial charge in [-0.1, -0.05) is 42.0 Å². The van der Waals surface area contributed by atoms with Crippen LogP contribution in [-0.4, -0.2) is 22.8 Å². The molecule has 5 heteroatoms. The van der Waals surface area contributed by atoms with Gasteiger partial charge in [-0.2, -0.15) is 0 Å². The second-order valence-electron chi connectivity index (χ2n) is 7.76. The van der Waals surface area contributed by atoms with Crippen molar-refractivity contribution < 1.29 is 14.6 Å².